The Morgan fingerprint density at radius 3 is 2.79 bits per heavy atom. The molecular weight excluding hydrogens is 304 g/mol. The van der Waals surface area contributed by atoms with Gasteiger partial charge < -0.3 is 14.2 Å². The smallest absolute Gasteiger partial charge is 0.247 e. The van der Waals surface area contributed by atoms with Crippen molar-refractivity contribution in [3.8, 4) is 22.8 Å². The molecule has 6 nitrogen and oxygen atoms in total. The maximum Gasteiger partial charge on any atom is 0.247 e. The van der Waals surface area contributed by atoms with Crippen LogP contribution in [0.3, 0.4) is 0 Å². The summed E-state index contributed by atoms with van der Waals surface area (Å²) in [6.07, 6.45) is 4.84. The second kappa shape index (κ2) is 6.37. The van der Waals surface area contributed by atoms with Crippen molar-refractivity contribution in [1.29, 1.82) is 0 Å². The molecule has 0 radical (unpaired) electrons. The van der Waals surface area contributed by atoms with Crippen molar-refractivity contribution >= 4 is 5.69 Å². The van der Waals surface area contributed by atoms with Gasteiger partial charge >= 0.3 is 0 Å². The minimum atomic E-state index is 0.496. The average Bonchev–Trinajstić information content (AvgIpc) is 3.33. The first-order chi connectivity index (χ1) is 11.9. The van der Waals surface area contributed by atoms with Crippen molar-refractivity contribution in [3.63, 3.8) is 0 Å². The topological polar surface area (TPSA) is 77.0 Å². The highest BCUT2D eigenvalue weighted by molar-refractivity contribution is 5.61. The third-order valence-corrected chi connectivity index (χ3v) is 3.54. The summed E-state index contributed by atoms with van der Waals surface area (Å²) in [6, 6.07) is 15.6. The number of benzene rings is 1. The molecule has 0 unspecified atom stereocenters. The maximum atomic E-state index is 5.85. The number of anilines is 1. The number of nitrogens with zero attached hydrogens (tertiary/aromatic N) is 3. The first kappa shape index (κ1) is 14.2. The van der Waals surface area contributed by atoms with Crippen molar-refractivity contribution in [2.45, 2.75) is 6.54 Å². The molecule has 3 heterocycles. The van der Waals surface area contributed by atoms with Crippen molar-refractivity contribution < 1.29 is 8.83 Å². The molecule has 0 saturated carbocycles. The zero-order chi connectivity index (χ0) is 16.2. The van der Waals surface area contributed by atoms with Crippen LogP contribution in [0.4, 0.5) is 5.69 Å². The molecule has 0 aliphatic heterocycles. The molecule has 0 saturated heterocycles. The molecule has 4 aromatic rings. The highest BCUT2D eigenvalue weighted by Gasteiger charge is 2.06. The number of hydrogen-bond donors (Lipinski definition) is 1. The first-order valence-electron chi connectivity index (χ1n) is 7.48. The van der Waals surface area contributed by atoms with Gasteiger partial charge in [0.1, 0.15) is 11.5 Å². The van der Waals surface area contributed by atoms with E-state index in [0.717, 1.165) is 28.3 Å². The van der Waals surface area contributed by atoms with Crippen molar-refractivity contribution in [2.24, 2.45) is 0 Å². The molecule has 4 rings (SSSR count). The Hall–Kier alpha value is -3.41. The van der Waals surface area contributed by atoms with Gasteiger partial charge in [0.2, 0.25) is 12.3 Å². The lowest BCUT2D eigenvalue weighted by molar-refractivity contribution is 0.531. The molecule has 1 aromatic carbocycles. The van der Waals surface area contributed by atoms with Crippen LogP contribution in [0.25, 0.3) is 22.8 Å². The molecule has 0 aliphatic carbocycles. The van der Waals surface area contributed by atoms with E-state index in [1.54, 1.807) is 12.4 Å². The van der Waals surface area contributed by atoms with Gasteiger partial charge in [0, 0.05) is 29.2 Å². The summed E-state index contributed by atoms with van der Waals surface area (Å²) in [4.78, 5) is 4.10. The van der Waals surface area contributed by atoms with Crippen LogP contribution in [-0.4, -0.2) is 15.2 Å². The SMILES string of the molecule is c1cncc(-c2ccc(CNc3cccc(-c4nnco4)c3)o2)c1. The van der Waals surface area contributed by atoms with Gasteiger partial charge in [-0.3, -0.25) is 4.98 Å². The van der Waals surface area contributed by atoms with Gasteiger partial charge in [0.15, 0.2) is 0 Å². The Morgan fingerprint density at radius 1 is 1.00 bits per heavy atom. The fourth-order valence-corrected chi connectivity index (χ4v) is 2.39. The number of nitrogens with one attached hydrogen (secondary N) is 1. The van der Waals surface area contributed by atoms with E-state index < -0.39 is 0 Å². The molecule has 0 aliphatic rings. The summed E-state index contributed by atoms with van der Waals surface area (Å²) in [7, 11) is 0. The predicted molar refractivity (Wildman–Crippen MR) is 89.0 cm³/mol. The molecule has 6 heteroatoms. The van der Waals surface area contributed by atoms with E-state index >= 15 is 0 Å². The quantitative estimate of drug-likeness (QED) is 0.599. The van der Waals surface area contributed by atoms with Gasteiger partial charge in [-0.2, -0.15) is 0 Å². The van der Waals surface area contributed by atoms with Crippen molar-refractivity contribution in [3.05, 3.63) is 73.1 Å². The Morgan fingerprint density at radius 2 is 1.96 bits per heavy atom. The Balaban J connectivity index is 1.46. The summed E-state index contributed by atoms with van der Waals surface area (Å²) in [5.41, 5.74) is 2.78. The lowest BCUT2D eigenvalue weighted by Gasteiger charge is -2.05. The highest BCUT2D eigenvalue weighted by Crippen LogP contribution is 2.23. The summed E-state index contributed by atoms with van der Waals surface area (Å²) < 4.78 is 11.1. The van der Waals surface area contributed by atoms with Gasteiger partial charge in [0.25, 0.3) is 0 Å². The van der Waals surface area contributed by atoms with Crippen LogP contribution in [0.1, 0.15) is 5.76 Å². The second-order valence-electron chi connectivity index (χ2n) is 5.19. The van der Waals surface area contributed by atoms with Gasteiger partial charge in [-0.15, -0.1) is 10.2 Å². The minimum Gasteiger partial charge on any atom is -0.459 e. The van der Waals surface area contributed by atoms with E-state index in [0.29, 0.717) is 12.4 Å². The number of furan rings is 1. The van der Waals surface area contributed by atoms with Crippen LogP contribution >= 0.6 is 0 Å². The molecule has 0 bridgehead atoms. The molecule has 0 amide bonds. The van der Waals surface area contributed by atoms with E-state index in [4.69, 9.17) is 8.83 Å². The number of hydrogen-bond acceptors (Lipinski definition) is 6. The third-order valence-electron chi connectivity index (χ3n) is 3.54. The van der Waals surface area contributed by atoms with Crippen LogP contribution in [0.15, 0.2) is 76.2 Å². The zero-order valence-electron chi connectivity index (χ0n) is 12.7. The van der Waals surface area contributed by atoms with Crippen LogP contribution in [0.2, 0.25) is 0 Å². The maximum absolute atomic E-state index is 5.85. The van der Waals surface area contributed by atoms with Gasteiger partial charge in [-0.1, -0.05) is 6.07 Å². The Bertz CT molecular complexity index is 917. The molecule has 0 atom stereocenters. The lowest BCUT2D eigenvalue weighted by Crippen LogP contribution is -1.98. The normalized spacial score (nSPS) is 10.7. The summed E-state index contributed by atoms with van der Waals surface area (Å²) >= 11 is 0. The summed E-state index contributed by atoms with van der Waals surface area (Å²) in [5, 5.41) is 10.9. The van der Waals surface area contributed by atoms with E-state index in [9.17, 15) is 0 Å². The highest BCUT2D eigenvalue weighted by atomic mass is 16.4. The first-order valence-corrected chi connectivity index (χ1v) is 7.48. The second-order valence-corrected chi connectivity index (χ2v) is 5.19. The molecule has 1 N–H and O–H groups in total. The fraction of sp³-hybridized carbons (Fsp3) is 0.0556. The predicted octanol–water partition coefficient (Wildman–Crippen LogP) is 4.00. The number of rotatable bonds is 5. The number of pyridine rings is 1. The molecule has 0 fully saturated rings. The average molecular weight is 318 g/mol. The fourth-order valence-electron chi connectivity index (χ4n) is 2.39. The third kappa shape index (κ3) is 3.03. The van der Waals surface area contributed by atoms with Crippen molar-refractivity contribution in [1.82, 2.24) is 15.2 Å². The molecule has 118 valence electrons. The summed E-state index contributed by atoms with van der Waals surface area (Å²) in [6.45, 7) is 0.577. The Labute approximate surface area is 138 Å². The summed E-state index contributed by atoms with van der Waals surface area (Å²) in [5.74, 6) is 2.15. The van der Waals surface area contributed by atoms with Gasteiger partial charge in [-0.05, 0) is 42.5 Å². The van der Waals surface area contributed by atoms with E-state index in [1.807, 2.05) is 48.5 Å². The minimum absolute atomic E-state index is 0.496. The van der Waals surface area contributed by atoms with Gasteiger partial charge in [-0.25, -0.2) is 0 Å². The largest absolute Gasteiger partial charge is 0.459 e. The van der Waals surface area contributed by atoms with Crippen LogP contribution in [-0.2, 0) is 6.54 Å². The molecule has 3 aromatic heterocycles. The van der Waals surface area contributed by atoms with Crippen LogP contribution in [0, 0.1) is 0 Å². The monoisotopic (exact) mass is 318 g/mol. The van der Waals surface area contributed by atoms with Gasteiger partial charge in [0.05, 0.1) is 6.54 Å². The molecular formula is C18H14N4O2. The standard InChI is InChI=1S/C18H14N4O2/c1-3-13(18-22-21-12-23-18)9-15(5-1)20-11-16-6-7-17(24-16)14-4-2-8-19-10-14/h1-10,12,20H,11H2. The number of aromatic nitrogens is 3. The zero-order valence-corrected chi connectivity index (χ0v) is 12.7. The van der Waals surface area contributed by atoms with E-state index in [1.165, 1.54) is 6.39 Å². The Kier molecular flexibility index (Phi) is 3.77. The van der Waals surface area contributed by atoms with Crippen LogP contribution in [0.5, 0.6) is 0 Å². The van der Waals surface area contributed by atoms with E-state index in [-0.39, 0.29) is 0 Å². The molecule has 24 heavy (non-hydrogen) atoms. The van der Waals surface area contributed by atoms with Crippen molar-refractivity contribution in [2.75, 3.05) is 5.32 Å². The molecule has 0 spiro atoms. The lowest BCUT2D eigenvalue weighted by atomic mass is 10.2. The van der Waals surface area contributed by atoms with E-state index in [2.05, 4.69) is 20.5 Å². The van der Waals surface area contributed by atoms with Crippen LogP contribution < -0.4 is 5.32 Å².